The number of rotatable bonds is 5. The predicted molar refractivity (Wildman–Crippen MR) is 67.8 cm³/mol. The second-order valence-corrected chi connectivity index (χ2v) is 5.06. The first kappa shape index (κ1) is 13.1. The van der Waals surface area contributed by atoms with Crippen molar-refractivity contribution in [2.45, 2.75) is 45.3 Å². The Morgan fingerprint density at radius 2 is 2.50 bits per heavy atom. The standard InChI is InChI=1S/C13H21N3O2/c1-10-3-2-4-12(7-10)18-9-13(17)14-8-11-5-6-15-16-11/h5-6,10,12H,2-4,7-9H2,1H3,(H,14,17)(H,15,16)/t10-,12+/m0/s1. The van der Waals surface area contributed by atoms with Crippen molar-refractivity contribution in [2.24, 2.45) is 5.92 Å². The van der Waals surface area contributed by atoms with Crippen molar-refractivity contribution in [2.75, 3.05) is 6.61 Å². The molecular formula is C13H21N3O2. The lowest BCUT2D eigenvalue weighted by molar-refractivity contribution is -0.128. The molecule has 2 N–H and O–H groups in total. The molecule has 1 fully saturated rings. The molecule has 100 valence electrons. The number of H-pyrrole nitrogens is 1. The third-order valence-corrected chi connectivity index (χ3v) is 3.37. The largest absolute Gasteiger partial charge is 0.368 e. The Morgan fingerprint density at radius 3 is 3.22 bits per heavy atom. The van der Waals surface area contributed by atoms with Gasteiger partial charge in [0.05, 0.1) is 18.3 Å². The van der Waals surface area contributed by atoms with Crippen molar-refractivity contribution in [1.29, 1.82) is 0 Å². The highest BCUT2D eigenvalue weighted by Gasteiger charge is 2.19. The Labute approximate surface area is 107 Å². The van der Waals surface area contributed by atoms with Crippen LogP contribution in [0.4, 0.5) is 0 Å². The summed E-state index contributed by atoms with van der Waals surface area (Å²) in [5.74, 6) is 0.652. The van der Waals surface area contributed by atoms with Crippen LogP contribution in [0.3, 0.4) is 0 Å². The van der Waals surface area contributed by atoms with Gasteiger partial charge in [0.1, 0.15) is 6.61 Å². The molecule has 1 aromatic rings. The van der Waals surface area contributed by atoms with Crippen molar-refractivity contribution < 1.29 is 9.53 Å². The van der Waals surface area contributed by atoms with E-state index in [0.717, 1.165) is 24.5 Å². The maximum Gasteiger partial charge on any atom is 0.246 e. The molecule has 1 heterocycles. The predicted octanol–water partition coefficient (Wildman–Crippen LogP) is 1.62. The highest BCUT2D eigenvalue weighted by Crippen LogP contribution is 2.25. The summed E-state index contributed by atoms with van der Waals surface area (Å²) in [6.45, 7) is 2.88. The van der Waals surface area contributed by atoms with Crippen molar-refractivity contribution in [3.05, 3.63) is 18.0 Å². The van der Waals surface area contributed by atoms with E-state index < -0.39 is 0 Å². The van der Waals surface area contributed by atoms with Gasteiger partial charge in [-0.2, -0.15) is 5.10 Å². The lowest BCUT2D eigenvalue weighted by atomic mass is 9.89. The average molecular weight is 251 g/mol. The quantitative estimate of drug-likeness (QED) is 0.835. The van der Waals surface area contributed by atoms with Gasteiger partial charge in [-0.3, -0.25) is 9.89 Å². The normalized spacial score (nSPS) is 23.8. The summed E-state index contributed by atoms with van der Waals surface area (Å²) in [6.07, 6.45) is 6.58. The average Bonchev–Trinajstić information content (AvgIpc) is 2.87. The smallest absolute Gasteiger partial charge is 0.246 e. The van der Waals surface area contributed by atoms with E-state index in [-0.39, 0.29) is 18.6 Å². The van der Waals surface area contributed by atoms with Crippen molar-refractivity contribution >= 4 is 5.91 Å². The summed E-state index contributed by atoms with van der Waals surface area (Å²) in [4.78, 5) is 11.6. The first-order valence-electron chi connectivity index (χ1n) is 6.60. The van der Waals surface area contributed by atoms with Crippen LogP contribution in [-0.4, -0.2) is 28.8 Å². The molecule has 0 radical (unpaired) electrons. The van der Waals surface area contributed by atoms with E-state index in [0.29, 0.717) is 6.54 Å². The summed E-state index contributed by atoms with van der Waals surface area (Å²) in [5.41, 5.74) is 0.898. The van der Waals surface area contributed by atoms with Gasteiger partial charge in [-0.05, 0) is 24.8 Å². The molecule has 0 bridgehead atoms. The molecule has 0 unspecified atom stereocenters. The SMILES string of the molecule is C[C@H]1CCC[C@@H](OCC(=O)NCc2ccn[nH]2)C1. The third-order valence-electron chi connectivity index (χ3n) is 3.37. The van der Waals surface area contributed by atoms with E-state index in [4.69, 9.17) is 4.74 Å². The third kappa shape index (κ3) is 4.14. The van der Waals surface area contributed by atoms with E-state index in [9.17, 15) is 4.79 Å². The zero-order chi connectivity index (χ0) is 12.8. The van der Waals surface area contributed by atoms with Crippen LogP contribution in [-0.2, 0) is 16.1 Å². The zero-order valence-corrected chi connectivity index (χ0v) is 10.8. The second-order valence-electron chi connectivity index (χ2n) is 5.06. The minimum atomic E-state index is -0.0668. The molecule has 1 saturated carbocycles. The molecule has 2 rings (SSSR count). The van der Waals surface area contributed by atoms with Gasteiger partial charge in [-0.1, -0.05) is 19.8 Å². The maximum absolute atomic E-state index is 11.6. The lowest BCUT2D eigenvalue weighted by Crippen LogP contribution is -2.31. The molecule has 0 saturated heterocycles. The van der Waals surface area contributed by atoms with Crippen LogP contribution in [0.5, 0.6) is 0 Å². The first-order valence-corrected chi connectivity index (χ1v) is 6.60. The van der Waals surface area contributed by atoms with Crippen LogP contribution in [0.15, 0.2) is 12.3 Å². The molecule has 0 spiro atoms. The highest BCUT2D eigenvalue weighted by molar-refractivity contribution is 5.77. The molecule has 1 aromatic heterocycles. The number of carbonyl (C=O) groups excluding carboxylic acids is 1. The zero-order valence-electron chi connectivity index (χ0n) is 10.8. The molecule has 1 aliphatic rings. The lowest BCUT2D eigenvalue weighted by Gasteiger charge is -2.26. The molecule has 5 heteroatoms. The van der Waals surface area contributed by atoms with Gasteiger partial charge in [0, 0.05) is 6.20 Å². The van der Waals surface area contributed by atoms with E-state index in [1.54, 1.807) is 6.20 Å². The van der Waals surface area contributed by atoms with Gasteiger partial charge in [-0.25, -0.2) is 0 Å². The second kappa shape index (κ2) is 6.54. The summed E-state index contributed by atoms with van der Waals surface area (Å²) in [7, 11) is 0. The van der Waals surface area contributed by atoms with Crippen LogP contribution < -0.4 is 5.32 Å². The number of aromatic amines is 1. The molecule has 5 nitrogen and oxygen atoms in total. The Balaban J connectivity index is 1.62. The van der Waals surface area contributed by atoms with E-state index in [1.807, 2.05) is 6.07 Å². The number of hydrogen-bond acceptors (Lipinski definition) is 3. The molecule has 0 aromatic carbocycles. The van der Waals surface area contributed by atoms with Crippen LogP contribution in [0.2, 0.25) is 0 Å². The number of carbonyl (C=O) groups is 1. The Bertz CT molecular complexity index is 364. The van der Waals surface area contributed by atoms with Gasteiger partial charge >= 0.3 is 0 Å². The Morgan fingerprint density at radius 1 is 1.61 bits per heavy atom. The first-order chi connectivity index (χ1) is 8.74. The number of nitrogens with one attached hydrogen (secondary N) is 2. The van der Waals surface area contributed by atoms with Crippen LogP contribution in [0.25, 0.3) is 0 Å². The summed E-state index contributed by atoms with van der Waals surface area (Å²) >= 11 is 0. The minimum Gasteiger partial charge on any atom is -0.368 e. The van der Waals surface area contributed by atoms with Crippen LogP contribution >= 0.6 is 0 Å². The molecule has 0 aliphatic heterocycles. The van der Waals surface area contributed by atoms with E-state index in [2.05, 4.69) is 22.4 Å². The number of ether oxygens (including phenoxy) is 1. The maximum atomic E-state index is 11.6. The number of nitrogens with zero attached hydrogens (tertiary/aromatic N) is 1. The monoisotopic (exact) mass is 251 g/mol. The molecule has 1 aliphatic carbocycles. The Kier molecular flexibility index (Phi) is 4.75. The summed E-state index contributed by atoms with van der Waals surface area (Å²) < 4.78 is 5.65. The number of hydrogen-bond donors (Lipinski definition) is 2. The fourth-order valence-corrected chi connectivity index (χ4v) is 2.35. The molecule has 2 atom stereocenters. The van der Waals surface area contributed by atoms with Gasteiger partial charge in [0.15, 0.2) is 0 Å². The Hall–Kier alpha value is -1.36. The van der Waals surface area contributed by atoms with Crippen LogP contribution in [0.1, 0.15) is 38.3 Å². The fraction of sp³-hybridized carbons (Fsp3) is 0.692. The van der Waals surface area contributed by atoms with Gasteiger partial charge in [0.25, 0.3) is 0 Å². The minimum absolute atomic E-state index is 0.0668. The van der Waals surface area contributed by atoms with Gasteiger partial charge in [0.2, 0.25) is 5.91 Å². The van der Waals surface area contributed by atoms with E-state index >= 15 is 0 Å². The number of aromatic nitrogens is 2. The van der Waals surface area contributed by atoms with Crippen molar-refractivity contribution in [3.8, 4) is 0 Å². The molecule has 18 heavy (non-hydrogen) atoms. The van der Waals surface area contributed by atoms with Crippen LogP contribution in [0, 0.1) is 5.92 Å². The van der Waals surface area contributed by atoms with Crippen molar-refractivity contribution in [1.82, 2.24) is 15.5 Å². The highest BCUT2D eigenvalue weighted by atomic mass is 16.5. The van der Waals surface area contributed by atoms with Gasteiger partial charge < -0.3 is 10.1 Å². The summed E-state index contributed by atoms with van der Waals surface area (Å²) in [5, 5.41) is 9.42. The van der Waals surface area contributed by atoms with Gasteiger partial charge in [-0.15, -0.1) is 0 Å². The topological polar surface area (TPSA) is 67.0 Å². The molecular weight excluding hydrogens is 230 g/mol. The van der Waals surface area contributed by atoms with Crippen molar-refractivity contribution in [3.63, 3.8) is 0 Å². The molecule has 1 amide bonds. The number of amides is 1. The summed E-state index contributed by atoms with van der Waals surface area (Å²) in [6, 6.07) is 1.84. The van der Waals surface area contributed by atoms with E-state index in [1.165, 1.54) is 12.8 Å². The fourth-order valence-electron chi connectivity index (χ4n) is 2.35.